The van der Waals surface area contributed by atoms with Crippen molar-refractivity contribution in [1.29, 1.82) is 0 Å². The third-order valence-corrected chi connectivity index (χ3v) is 5.05. The van der Waals surface area contributed by atoms with E-state index >= 15 is 0 Å². The highest BCUT2D eigenvalue weighted by Crippen LogP contribution is 2.53. The van der Waals surface area contributed by atoms with Crippen LogP contribution in [0.2, 0.25) is 0 Å². The second kappa shape index (κ2) is 4.93. The minimum Gasteiger partial charge on any atom is -0.462 e. The first-order valence-electron chi connectivity index (χ1n) is 7.66. The maximum atomic E-state index is 12.6. The first-order chi connectivity index (χ1) is 10.6. The van der Waals surface area contributed by atoms with Crippen LogP contribution in [0.4, 0.5) is 0 Å². The molecule has 0 radical (unpaired) electrons. The van der Waals surface area contributed by atoms with E-state index < -0.39 is 0 Å². The van der Waals surface area contributed by atoms with Crippen molar-refractivity contribution in [3.8, 4) is 0 Å². The molecular weight excluding hydrogens is 282 g/mol. The van der Waals surface area contributed by atoms with Crippen LogP contribution in [0.25, 0.3) is 0 Å². The van der Waals surface area contributed by atoms with Crippen molar-refractivity contribution >= 4 is 17.5 Å². The number of nitrogens with zero attached hydrogens (tertiary/aromatic N) is 1. The zero-order valence-electron chi connectivity index (χ0n) is 12.3. The van der Waals surface area contributed by atoms with Crippen LogP contribution < -0.4 is 0 Å². The van der Waals surface area contributed by atoms with E-state index in [4.69, 9.17) is 9.57 Å². The predicted molar refractivity (Wildman–Crippen MR) is 78.3 cm³/mol. The van der Waals surface area contributed by atoms with Crippen LogP contribution in [0.1, 0.15) is 30.1 Å². The number of carbonyl (C=O) groups excluding carboxylic acids is 2. The van der Waals surface area contributed by atoms with Gasteiger partial charge >= 0.3 is 5.97 Å². The molecule has 3 aliphatic rings. The van der Waals surface area contributed by atoms with Gasteiger partial charge in [0.2, 0.25) is 5.78 Å². The Morgan fingerprint density at radius 3 is 2.73 bits per heavy atom. The number of benzene rings is 1. The Balaban J connectivity index is 1.54. The summed E-state index contributed by atoms with van der Waals surface area (Å²) in [4.78, 5) is 29.4. The summed E-state index contributed by atoms with van der Waals surface area (Å²) in [7, 11) is 0. The zero-order chi connectivity index (χ0) is 15.3. The molecule has 1 aromatic rings. The van der Waals surface area contributed by atoms with E-state index in [1.807, 2.05) is 18.2 Å². The molecule has 2 saturated carbocycles. The first-order valence-corrected chi connectivity index (χ1v) is 7.66. The van der Waals surface area contributed by atoms with Crippen LogP contribution in [0.15, 0.2) is 35.5 Å². The van der Waals surface area contributed by atoms with E-state index in [1.165, 1.54) is 6.92 Å². The number of rotatable bonds is 3. The van der Waals surface area contributed by atoms with Crippen molar-refractivity contribution < 1.29 is 19.2 Å². The molecule has 2 bridgehead atoms. The van der Waals surface area contributed by atoms with E-state index in [0.29, 0.717) is 17.2 Å². The summed E-state index contributed by atoms with van der Waals surface area (Å²) < 4.78 is 5.38. The summed E-state index contributed by atoms with van der Waals surface area (Å²) in [6.45, 7) is 1.43. The molecule has 5 atom stereocenters. The Bertz CT molecular complexity index is 654. The van der Waals surface area contributed by atoms with Gasteiger partial charge in [-0.1, -0.05) is 35.5 Å². The molecule has 1 aromatic carbocycles. The predicted octanol–water partition coefficient (Wildman–Crippen LogP) is 2.21. The fourth-order valence-electron chi connectivity index (χ4n) is 4.22. The van der Waals surface area contributed by atoms with Crippen LogP contribution in [0, 0.1) is 17.8 Å². The minimum atomic E-state index is -0.256. The quantitative estimate of drug-likeness (QED) is 0.634. The minimum absolute atomic E-state index is 0.0458. The van der Waals surface area contributed by atoms with E-state index in [-0.39, 0.29) is 35.8 Å². The van der Waals surface area contributed by atoms with Gasteiger partial charge in [-0.05, 0) is 18.8 Å². The van der Waals surface area contributed by atoms with Crippen LogP contribution in [-0.4, -0.2) is 29.7 Å². The summed E-state index contributed by atoms with van der Waals surface area (Å²) in [6.07, 6.45) is 1.53. The van der Waals surface area contributed by atoms with Crippen molar-refractivity contribution in [1.82, 2.24) is 0 Å². The van der Waals surface area contributed by atoms with Gasteiger partial charge in [0.25, 0.3) is 0 Å². The molecule has 1 aliphatic heterocycles. The molecule has 0 unspecified atom stereocenters. The van der Waals surface area contributed by atoms with Gasteiger partial charge in [-0.3, -0.25) is 9.59 Å². The molecule has 2 fully saturated rings. The normalized spacial score (nSPS) is 34.8. The van der Waals surface area contributed by atoms with Gasteiger partial charge in [0.05, 0.1) is 5.92 Å². The monoisotopic (exact) mass is 299 g/mol. The molecule has 114 valence electrons. The van der Waals surface area contributed by atoms with E-state index in [1.54, 1.807) is 12.1 Å². The lowest BCUT2D eigenvalue weighted by Gasteiger charge is -2.29. The number of fused-ring (bicyclic) bond motifs is 5. The molecule has 2 aliphatic carbocycles. The smallest absolute Gasteiger partial charge is 0.302 e. The third-order valence-electron chi connectivity index (χ3n) is 5.05. The summed E-state index contributed by atoms with van der Waals surface area (Å²) in [6, 6.07) is 9.17. The van der Waals surface area contributed by atoms with Gasteiger partial charge in [-0.25, -0.2) is 0 Å². The van der Waals surface area contributed by atoms with Crippen molar-refractivity contribution in [2.75, 3.05) is 0 Å². The van der Waals surface area contributed by atoms with Crippen molar-refractivity contribution in [3.63, 3.8) is 0 Å². The highest BCUT2D eigenvalue weighted by molar-refractivity contribution is 6.47. The second-order valence-electron chi connectivity index (χ2n) is 6.31. The Morgan fingerprint density at radius 2 is 2.00 bits per heavy atom. The highest BCUT2D eigenvalue weighted by Gasteiger charge is 2.60. The van der Waals surface area contributed by atoms with Gasteiger partial charge in [0, 0.05) is 18.4 Å². The zero-order valence-corrected chi connectivity index (χ0v) is 12.3. The lowest BCUT2D eigenvalue weighted by molar-refractivity contribution is -0.152. The number of carbonyl (C=O) groups is 2. The Kier molecular flexibility index (Phi) is 3.03. The van der Waals surface area contributed by atoms with Gasteiger partial charge in [0.15, 0.2) is 0 Å². The van der Waals surface area contributed by atoms with E-state index in [9.17, 15) is 9.59 Å². The van der Waals surface area contributed by atoms with Gasteiger partial charge in [-0.2, -0.15) is 0 Å². The standard InChI is InChI=1S/C17H17NO4/c1-9(19)21-13-8-11-7-12(13)17-14(11)15(18-22-17)16(20)10-5-3-2-4-6-10/h2-6,11-14,17H,7-8H2,1H3/t11-,12+,13+,14+,17+/m0/s1. The number of esters is 1. The Hall–Kier alpha value is -2.17. The molecule has 0 amide bonds. The Labute approximate surface area is 128 Å². The topological polar surface area (TPSA) is 65.0 Å². The highest BCUT2D eigenvalue weighted by atomic mass is 16.6. The van der Waals surface area contributed by atoms with E-state index in [0.717, 1.165) is 12.8 Å². The first kappa shape index (κ1) is 13.5. The van der Waals surface area contributed by atoms with Crippen LogP contribution in [0.3, 0.4) is 0 Å². The fraction of sp³-hybridized carbons (Fsp3) is 0.471. The molecular formula is C17H17NO4. The molecule has 5 nitrogen and oxygen atoms in total. The van der Waals surface area contributed by atoms with Crippen molar-refractivity contribution in [3.05, 3.63) is 35.9 Å². The average Bonchev–Trinajstić information content (AvgIpc) is 3.18. The maximum Gasteiger partial charge on any atom is 0.302 e. The molecule has 4 rings (SSSR count). The van der Waals surface area contributed by atoms with Crippen LogP contribution >= 0.6 is 0 Å². The molecule has 5 heteroatoms. The molecule has 22 heavy (non-hydrogen) atoms. The Morgan fingerprint density at radius 1 is 1.23 bits per heavy atom. The molecule has 0 aromatic heterocycles. The summed E-state index contributed by atoms with van der Waals surface area (Å²) in [5.74, 6) is 0.208. The van der Waals surface area contributed by atoms with Crippen LogP contribution in [-0.2, 0) is 14.4 Å². The summed E-state index contributed by atoms with van der Waals surface area (Å²) >= 11 is 0. The molecule has 0 spiro atoms. The number of Topliss-reactive ketones (excluding diaryl/α,β-unsaturated/α-hetero) is 1. The van der Waals surface area contributed by atoms with Gasteiger partial charge < -0.3 is 9.57 Å². The summed E-state index contributed by atoms with van der Waals surface area (Å²) in [5, 5.41) is 4.08. The van der Waals surface area contributed by atoms with Crippen molar-refractivity contribution in [2.24, 2.45) is 22.9 Å². The van der Waals surface area contributed by atoms with Gasteiger partial charge in [0.1, 0.15) is 17.9 Å². The third kappa shape index (κ3) is 1.95. The number of hydrogen-bond donors (Lipinski definition) is 0. The maximum absolute atomic E-state index is 12.6. The molecule has 1 heterocycles. The number of ether oxygens (including phenoxy) is 1. The lowest BCUT2D eigenvalue weighted by atomic mass is 9.80. The number of ketones is 1. The average molecular weight is 299 g/mol. The fourth-order valence-corrected chi connectivity index (χ4v) is 4.22. The largest absolute Gasteiger partial charge is 0.462 e. The van der Waals surface area contributed by atoms with E-state index in [2.05, 4.69) is 5.16 Å². The second-order valence-corrected chi connectivity index (χ2v) is 6.31. The number of hydrogen-bond acceptors (Lipinski definition) is 5. The SMILES string of the molecule is CC(=O)O[C@@H]1C[C@@H]2C[C@H]1[C@H]1ON=C(C(=O)c3ccccc3)[C@@H]21. The lowest BCUT2D eigenvalue weighted by Crippen LogP contribution is -2.40. The molecule has 0 N–H and O–H groups in total. The van der Waals surface area contributed by atoms with Crippen LogP contribution in [0.5, 0.6) is 0 Å². The van der Waals surface area contributed by atoms with Gasteiger partial charge in [-0.15, -0.1) is 0 Å². The molecule has 0 saturated heterocycles. The number of oxime groups is 1. The summed E-state index contributed by atoms with van der Waals surface area (Å²) in [5.41, 5.74) is 1.18. The van der Waals surface area contributed by atoms with Crippen molar-refractivity contribution in [2.45, 2.75) is 32.0 Å².